The van der Waals surface area contributed by atoms with Gasteiger partial charge in [-0.3, -0.25) is 9.69 Å². The zero-order chi connectivity index (χ0) is 19.1. The number of nitrogens with zero attached hydrogens (tertiary/aromatic N) is 4. The predicted octanol–water partition coefficient (Wildman–Crippen LogP) is 2.15. The second kappa shape index (κ2) is 9.99. The quantitative estimate of drug-likeness (QED) is 0.787. The van der Waals surface area contributed by atoms with Crippen LogP contribution in [0.25, 0.3) is 0 Å². The van der Waals surface area contributed by atoms with E-state index in [1.807, 2.05) is 17.3 Å². The third-order valence-electron chi connectivity index (χ3n) is 5.26. The Balaban J connectivity index is 1.42. The molecule has 0 bridgehead atoms. The number of nitrogens with one attached hydrogen (secondary N) is 1. The molecule has 1 atom stereocenters. The third-order valence-corrected chi connectivity index (χ3v) is 5.26. The van der Waals surface area contributed by atoms with Gasteiger partial charge >= 0.3 is 0 Å². The monoisotopic (exact) mass is 375 g/mol. The van der Waals surface area contributed by atoms with E-state index in [1.54, 1.807) is 0 Å². The number of ether oxygens (including phenoxy) is 1. The van der Waals surface area contributed by atoms with Gasteiger partial charge in [0, 0.05) is 56.6 Å². The topological polar surface area (TPSA) is 70.6 Å². The van der Waals surface area contributed by atoms with E-state index >= 15 is 0 Å². The average molecular weight is 376 g/mol. The van der Waals surface area contributed by atoms with Gasteiger partial charge in [0.2, 0.25) is 11.9 Å². The lowest BCUT2D eigenvalue weighted by Gasteiger charge is -2.33. The molecule has 2 aliphatic rings. The first-order valence-corrected chi connectivity index (χ1v) is 10.3. The summed E-state index contributed by atoms with van der Waals surface area (Å²) in [4.78, 5) is 25.6. The highest BCUT2D eigenvalue weighted by molar-refractivity contribution is 5.76. The molecule has 27 heavy (non-hydrogen) atoms. The molecular formula is C20H33N5O2. The van der Waals surface area contributed by atoms with E-state index in [0.717, 1.165) is 44.7 Å². The molecule has 7 heteroatoms. The van der Waals surface area contributed by atoms with Crippen molar-refractivity contribution in [3.63, 3.8) is 0 Å². The van der Waals surface area contributed by atoms with Crippen LogP contribution < -0.4 is 5.32 Å². The molecule has 0 aliphatic carbocycles. The van der Waals surface area contributed by atoms with Crippen LogP contribution in [0, 0.1) is 5.92 Å². The van der Waals surface area contributed by atoms with Crippen LogP contribution in [0.4, 0.5) is 5.95 Å². The number of hydrogen-bond acceptors (Lipinski definition) is 6. The van der Waals surface area contributed by atoms with Crippen LogP contribution in [-0.2, 0) is 16.1 Å². The number of hydrogen-bond donors (Lipinski definition) is 1. The summed E-state index contributed by atoms with van der Waals surface area (Å²) in [7, 11) is 0. The van der Waals surface area contributed by atoms with Crippen LogP contribution in [0.1, 0.15) is 45.1 Å². The molecule has 1 amide bonds. The Bertz CT molecular complexity index is 587. The highest BCUT2D eigenvalue weighted by Gasteiger charge is 2.23. The van der Waals surface area contributed by atoms with Crippen molar-refractivity contribution in [1.82, 2.24) is 19.8 Å². The Morgan fingerprint density at radius 2 is 2.00 bits per heavy atom. The van der Waals surface area contributed by atoms with Crippen molar-refractivity contribution >= 4 is 11.9 Å². The first-order chi connectivity index (χ1) is 13.1. The fraction of sp³-hybridized carbons (Fsp3) is 0.750. The summed E-state index contributed by atoms with van der Waals surface area (Å²) in [5.41, 5.74) is 1.15. The van der Waals surface area contributed by atoms with E-state index in [-0.39, 0.29) is 5.91 Å². The number of carbonyl (C=O) groups is 1. The van der Waals surface area contributed by atoms with Crippen LogP contribution in [0.2, 0.25) is 0 Å². The summed E-state index contributed by atoms with van der Waals surface area (Å²) >= 11 is 0. The summed E-state index contributed by atoms with van der Waals surface area (Å²) in [6.07, 6.45) is 7.91. The van der Waals surface area contributed by atoms with Gasteiger partial charge in [0.25, 0.3) is 0 Å². The van der Waals surface area contributed by atoms with Crippen molar-refractivity contribution < 1.29 is 9.53 Å². The number of aromatic nitrogens is 2. The molecule has 0 spiro atoms. The van der Waals surface area contributed by atoms with E-state index in [9.17, 15) is 4.79 Å². The Labute approximate surface area is 162 Å². The second-order valence-electron chi connectivity index (χ2n) is 7.99. The molecule has 3 rings (SSSR count). The Kier molecular flexibility index (Phi) is 7.41. The number of rotatable bonds is 7. The SMILES string of the molecule is CC(C)Nc1ncc(CN2CCCC(CCC(=O)N3CCOCC3)C2)cn1. The summed E-state index contributed by atoms with van der Waals surface area (Å²) < 4.78 is 5.33. The fourth-order valence-corrected chi connectivity index (χ4v) is 3.86. The number of carbonyl (C=O) groups excluding carboxylic acids is 1. The first-order valence-electron chi connectivity index (χ1n) is 10.3. The lowest BCUT2D eigenvalue weighted by Crippen LogP contribution is -2.41. The molecular weight excluding hydrogens is 342 g/mol. The number of amides is 1. The van der Waals surface area contributed by atoms with Gasteiger partial charge < -0.3 is 15.0 Å². The van der Waals surface area contributed by atoms with Gasteiger partial charge in [0.05, 0.1) is 13.2 Å². The molecule has 0 radical (unpaired) electrons. The zero-order valence-corrected chi connectivity index (χ0v) is 16.7. The minimum atomic E-state index is 0.289. The summed E-state index contributed by atoms with van der Waals surface area (Å²) in [5, 5.41) is 3.22. The normalized spacial score (nSPS) is 21.4. The molecule has 1 unspecified atom stereocenters. The van der Waals surface area contributed by atoms with Crippen LogP contribution >= 0.6 is 0 Å². The van der Waals surface area contributed by atoms with Crippen molar-refractivity contribution in [2.24, 2.45) is 5.92 Å². The van der Waals surface area contributed by atoms with Crippen molar-refractivity contribution in [3.8, 4) is 0 Å². The highest BCUT2D eigenvalue weighted by atomic mass is 16.5. The molecule has 2 saturated heterocycles. The minimum Gasteiger partial charge on any atom is -0.378 e. The molecule has 1 aromatic heterocycles. The lowest BCUT2D eigenvalue weighted by molar-refractivity contribution is -0.135. The molecule has 1 aromatic rings. The molecule has 2 aliphatic heterocycles. The summed E-state index contributed by atoms with van der Waals surface area (Å²) in [5.74, 6) is 1.58. The van der Waals surface area contributed by atoms with Crippen LogP contribution in [-0.4, -0.2) is 71.1 Å². The van der Waals surface area contributed by atoms with Gasteiger partial charge in [-0.15, -0.1) is 0 Å². The van der Waals surface area contributed by atoms with Gasteiger partial charge in [-0.1, -0.05) is 0 Å². The number of likely N-dealkylation sites (tertiary alicyclic amines) is 1. The van der Waals surface area contributed by atoms with Crippen molar-refractivity contribution in [2.45, 2.75) is 52.1 Å². The maximum Gasteiger partial charge on any atom is 0.222 e. The third kappa shape index (κ3) is 6.43. The van der Waals surface area contributed by atoms with E-state index in [2.05, 4.69) is 34.0 Å². The molecule has 2 fully saturated rings. The molecule has 1 N–H and O–H groups in total. The van der Waals surface area contributed by atoms with Crippen molar-refractivity contribution in [2.75, 3.05) is 44.7 Å². The summed E-state index contributed by atoms with van der Waals surface area (Å²) in [6.45, 7) is 10.1. The first kappa shape index (κ1) is 20.0. The van der Waals surface area contributed by atoms with Gasteiger partial charge in [-0.2, -0.15) is 0 Å². The Morgan fingerprint density at radius 1 is 1.26 bits per heavy atom. The maximum atomic E-state index is 12.4. The lowest BCUT2D eigenvalue weighted by atomic mass is 9.93. The van der Waals surface area contributed by atoms with Gasteiger partial charge in [-0.05, 0) is 45.6 Å². The van der Waals surface area contributed by atoms with Gasteiger partial charge in [-0.25, -0.2) is 9.97 Å². The van der Waals surface area contributed by atoms with Crippen LogP contribution in [0.3, 0.4) is 0 Å². The van der Waals surface area contributed by atoms with Crippen LogP contribution in [0.15, 0.2) is 12.4 Å². The molecule has 0 saturated carbocycles. The van der Waals surface area contributed by atoms with Crippen LogP contribution in [0.5, 0.6) is 0 Å². The fourth-order valence-electron chi connectivity index (χ4n) is 3.86. The Hall–Kier alpha value is -1.73. The predicted molar refractivity (Wildman–Crippen MR) is 105 cm³/mol. The average Bonchev–Trinajstić information content (AvgIpc) is 2.68. The minimum absolute atomic E-state index is 0.289. The molecule has 7 nitrogen and oxygen atoms in total. The Morgan fingerprint density at radius 3 is 2.70 bits per heavy atom. The zero-order valence-electron chi connectivity index (χ0n) is 16.7. The van der Waals surface area contributed by atoms with Gasteiger partial charge in [0.1, 0.15) is 0 Å². The van der Waals surface area contributed by atoms with Crippen molar-refractivity contribution in [1.29, 1.82) is 0 Å². The van der Waals surface area contributed by atoms with E-state index in [1.165, 1.54) is 12.8 Å². The second-order valence-corrected chi connectivity index (χ2v) is 7.99. The highest BCUT2D eigenvalue weighted by Crippen LogP contribution is 2.23. The standard InChI is InChI=1S/C20H33N5O2/c1-16(2)23-20-21-12-18(13-22-20)15-24-7-3-4-17(14-24)5-6-19(26)25-8-10-27-11-9-25/h12-13,16-17H,3-11,14-15H2,1-2H3,(H,21,22,23). The van der Waals surface area contributed by atoms with E-state index in [4.69, 9.17) is 4.74 Å². The maximum absolute atomic E-state index is 12.4. The van der Waals surface area contributed by atoms with Crippen molar-refractivity contribution in [3.05, 3.63) is 18.0 Å². The smallest absolute Gasteiger partial charge is 0.222 e. The number of piperidine rings is 1. The van der Waals surface area contributed by atoms with E-state index < -0.39 is 0 Å². The number of morpholine rings is 1. The van der Waals surface area contributed by atoms with E-state index in [0.29, 0.717) is 37.5 Å². The molecule has 3 heterocycles. The molecule has 0 aromatic carbocycles. The largest absolute Gasteiger partial charge is 0.378 e. The molecule has 150 valence electrons. The summed E-state index contributed by atoms with van der Waals surface area (Å²) in [6, 6.07) is 0.332. The van der Waals surface area contributed by atoms with Gasteiger partial charge in [0.15, 0.2) is 0 Å². The number of anilines is 1.